The maximum absolute atomic E-state index is 9.36. The van der Waals surface area contributed by atoms with E-state index >= 15 is 0 Å². The van der Waals surface area contributed by atoms with Gasteiger partial charge in [0.2, 0.25) is 0 Å². The maximum Gasteiger partial charge on any atom is 0.174 e. The molecule has 0 spiro atoms. The van der Waals surface area contributed by atoms with E-state index in [9.17, 15) is 5.11 Å². The largest absolute Gasteiger partial charge is 0.507 e. The fraction of sp³-hybridized carbons (Fsp3) is 0.222. The summed E-state index contributed by atoms with van der Waals surface area (Å²) in [4.78, 5) is 4.76. The second-order valence-electron chi connectivity index (χ2n) is 2.41. The van der Waals surface area contributed by atoms with Gasteiger partial charge in [-0.25, -0.2) is 0 Å². The summed E-state index contributed by atoms with van der Waals surface area (Å²) in [5.41, 5.74) is 6.03. The van der Waals surface area contributed by atoms with E-state index in [-0.39, 0.29) is 11.6 Å². The fourth-order valence-corrected chi connectivity index (χ4v) is 0.874. The highest BCUT2D eigenvalue weighted by molar-refractivity contribution is 5.99. The van der Waals surface area contributed by atoms with Crippen LogP contribution in [0, 0.1) is 0 Å². The van der Waals surface area contributed by atoms with Crippen molar-refractivity contribution in [2.75, 3.05) is 6.61 Å². The summed E-state index contributed by atoms with van der Waals surface area (Å²) in [6, 6.07) is 6.70. The molecule has 4 nitrogen and oxygen atoms in total. The Labute approximate surface area is 76.6 Å². The Balaban J connectivity index is 2.88. The van der Waals surface area contributed by atoms with Crippen LogP contribution in [0.5, 0.6) is 5.75 Å². The minimum atomic E-state index is 0.100. The number of phenolic OH excluding ortho intramolecular Hbond substituents is 1. The molecule has 0 bridgehead atoms. The van der Waals surface area contributed by atoms with Crippen LogP contribution < -0.4 is 5.73 Å². The van der Waals surface area contributed by atoms with E-state index in [1.807, 2.05) is 6.92 Å². The van der Waals surface area contributed by atoms with Gasteiger partial charge in [-0.05, 0) is 19.1 Å². The Morgan fingerprint density at radius 1 is 1.54 bits per heavy atom. The van der Waals surface area contributed by atoms with Crippen molar-refractivity contribution in [1.29, 1.82) is 0 Å². The lowest BCUT2D eigenvalue weighted by atomic mass is 10.2. The number of rotatable bonds is 3. The molecule has 1 aromatic rings. The van der Waals surface area contributed by atoms with Crippen molar-refractivity contribution in [1.82, 2.24) is 0 Å². The third kappa shape index (κ3) is 2.37. The van der Waals surface area contributed by atoms with Gasteiger partial charge in [-0.3, -0.25) is 0 Å². The standard InChI is InChI=1S/C9H12N2O2/c1-2-13-11-9(10)7-5-3-4-6-8(7)12/h3-6,12H,2H2,1H3,(H2,10,11). The first-order valence-corrected chi connectivity index (χ1v) is 3.99. The number of para-hydroxylation sites is 1. The zero-order valence-electron chi connectivity index (χ0n) is 7.40. The second-order valence-corrected chi connectivity index (χ2v) is 2.41. The molecule has 0 saturated carbocycles. The van der Waals surface area contributed by atoms with Gasteiger partial charge in [0.25, 0.3) is 0 Å². The molecule has 0 fully saturated rings. The van der Waals surface area contributed by atoms with Crippen LogP contribution in [-0.2, 0) is 4.84 Å². The number of benzene rings is 1. The second kappa shape index (κ2) is 4.35. The lowest BCUT2D eigenvalue weighted by molar-refractivity contribution is 0.158. The molecule has 0 radical (unpaired) electrons. The molecule has 0 amide bonds. The van der Waals surface area contributed by atoms with Gasteiger partial charge in [-0.15, -0.1) is 0 Å². The Bertz CT molecular complexity index is 310. The van der Waals surface area contributed by atoms with Crippen molar-refractivity contribution in [3.63, 3.8) is 0 Å². The van der Waals surface area contributed by atoms with Crippen molar-refractivity contribution in [2.45, 2.75) is 6.92 Å². The number of aromatic hydroxyl groups is 1. The Morgan fingerprint density at radius 3 is 2.85 bits per heavy atom. The third-order valence-corrected chi connectivity index (χ3v) is 1.47. The minimum absolute atomic E-state index is 0.100. The van der Waals surface area contributed by atoms with Crippen molar-refractivity contribution < 1.29 is 9.94 Å². The Kier molecular flexibility index (Phi) is 3.14. The highest BCUT2D eigenvalue weighted by Gasteiger charge is 2.03. The SMILES string of the molecule is CCO/N=C(\N)c1ccccc1O. The summed E-state index contributed by atoms with van der Waals surface area (Å²) in [6.45, 7) is 2.26. The van der Waals surface area contributed by atoms with Crippen LogP contribution in [0.3, 0.4) is 0 Å². The Morgan fingerprint density at radius 2 is 2.23 bits per heavy atom. The molecule has 70 valence electrons. The quantitative estimate of drug-likeness (QED) is 0.415. The van der Waals surface area contributed by atoms with Crippen molar-refractivity contribution in [3.8, 4) is 5.75 Å². The molecule has 0 unspecified atom stereocenters. The predicted molar refractivity (Wildman–Crippen MR) is 50.5 cm³/mol. The van der Waals surface area contributed by atoms with Crippen LogP contribution in [0.25, 0.3) is 0 Å². The van der Waals surface area contributed by atoms with Crippen molar-refractivity contribution in [2.24, 2.45) is 10.9 Å². The summed E-state index contributed by atoms with van der Waals surface area (Å²) in [7, 11) is 0. The van der Waals surface area contributed by atoms with E-state index in [2.05, 4.69) is 5.16 Å². The average molecular weight is 180 g/mol. The number of hydrogen-bond acceptors (Lipinski definition) is 3. The molecule has 0 aliphatic rings. The van der Waals surface area contributed by atoms with Crippen LogP contribution in [0.2, 0.25) is 0 Å². The van der Waals surface area contributed by atoms with Crippen LogP contribution in [0.1, 0.15) is 12.5 Å². The zero-order valence-corrected chi connectivity index (χ0v) is 7.40. The van der Waals surface area contributed by atoms with Gasteiger partial charge in [0, 0.05) is 0 Å². The van der Waals surface area contributed by atoms with Gasteiger partial charge in [-0.2, -0.15) is 0 Å². The van der Waals surface area contributed by atoms with Gasteiger partial charge in [0.15, 0.2) is 5.84 Å². The molecule has 0 atom stereocenters. The molecule has 0 heterocycles. The lowest BCUT2D eigenvalue weighted by Crippen LogP contribution is -2.13. The summed E-state index contributed by atoms with van der Waals surface area (Å²) >= 11 is 0. The van der Waals surface area contributed by atoms with Crippen LogP contribution in [0.4, 0.5) is 0 Å². The predicted octanol–water partition coefficient (Wildman–Crippen LogP) is 1.05. The molecular weight excluding hydrogens is 168 g/mol. The number of hydrogen-bond donors (Lipinski definition) is 2. The van der Waals surface area contributed by atoms with Crippen LogP contribution in [0.15, 0.2) is 29.4 Å². The first-order chi connectivity index (χ1) is 6.25. The van der Waals surface area contributed by atoms with E-state index in [4.69, 9.17) is 10.6 Å². The van der Waals surface area contributed by atoms with E-state index in [1.54, 1.807) is 24.3 Å². The third-order valence-electron chi connectivity index (χ3n) is 1.47. The van der Waals surface area contributed by atoms with Crippen molar-refractivity contribution in [3.05, 3.63) is 29.8 Å². The zero-order chi connectivity index (χ0) is 9.68. The molecule has 0 aromatic heterocycles. The molecule has 4 heteroatoms. The van der Waals surface area contributed by atoms with Crippen LogP contribution >= 0.6 is 0 Å². The summed E-state index contributed by atoms with van der Waals surface area (Å²) < 4.78 is 0. The topological polar surface area (TPSA) is 67.8 Å². The van der Waals surface area contributed by atoms with Gasteiger partial charge in [0.1, 0.15) is 12.4 Å². The summed E-state index contributed by atoms with van der Waals surface area (Å²) in [6.07, 6.45) is 0. The lowest BCUT2D eigenvalue weighted by Gasteiger charge is -2.02. The molecule has 13 heavy (non-hydrogen) atoms. The summed E-state index contributed by atoms with van der Waals surface area (Å²) in [5, 5.41) is 13.0. The molecule has 0 aliphatic heterocycles. The normalized spacial score (nSPS) is 11.3. The average Bonchev–Trinajstić information content (AvgIpc) is 2.15. The molecule has 1 aromatic carbocycles. The highest BCUT2D eigenvalue weighted by Crippen LogP contribution is 2.14. The summed E-state index contributed by atoms with van der Waals surface area (Å²) in [5.74, 6) is 0.281. The maximum atomic E-state index is 9.36. The highest BCUT2D eigenvalue weighted by atomic mass is 16.6. The van der Waals surface area contributed by atoms with E-state index < -0.39 is 0 Å². The number of nitrogens with zero attached hydrogens (tertiary/aromatic N) is 1. The van der Waals surface area contributed by atoms with E-state index in [0.717, 1.165) is 0 Å². The van der Waals surface area contributed by atoms with Crippen molar-refractivity contribution >= 4 is 5.84 Å². The van der Waals surface area contributed by atoms with Crippen LogP contribution in [-0.4, -0.2) is 17.5 Å². The van der Waals surface area contributed by atoms with E-state index in [1.165, 1.54) is 0 Å². The number of amidine groups is 1. The number of phenols is 1. The smallest absolute Gasteiger partial charge is 0.174 e. The Hall–Kier alpha value is -1.71. The number of nitrogens with two attached hydrogens (primary N) is 1. The monoisotopic (exact) mass is 180 g/mol. The first kappa shape index (κ1) is 9.38. The van der Waals surface area contributed by atoms with Gasteiger partial charge < -0.3 is 15.7 Å². The molecule has 0 saturated heterocycles. The van der Waals surface area contributed by atoms with Gasteiger partial charge >= 0.3 is 0 Å². The minimum Gasteiger partial charge on any atom is -0.507 e. The molecule has 3 N–H and O–H groups in total. The first-order valence-electron chi connectivity index (χ1n) is 3.99. The molecule has 0 aliphatic carbocycles. The fourth-order valence-electron chi connectivity index (χ4n) is 0.874. The van der Waals surface area contributed by atoms with Gasteiger partial charge in [-0.1, -0.05) is 17.3 Å². The molecular formula is C9H12N2O2. The molecule has 1 rings (SSSR count). The van der Waals surface area contributed by atoms with E-state index in [0.29, 0.717) is 12.2 Å². The van der Waals surface area contributed by atoms with Gasteiger partial charge in [0.05, 0.1) is 5.56 Å². The number of oxime groups is 1.